The van der Waals surface area contributed by atoms with Gasteiger partial charge in [0.25, 0.3) is 0 Å². The molecule has 0 N–H and O–H groups in total. The molecular formula is C55H36O. The SMILES string of the molecule is [2H]c1c([2H])c(C(c2ccc(-c3ccc4ccccc4c3)cc2)c2ccccc2-c2ccc3c(c2)oc2c4ccccc4ccc32)c([2H])c([2H])c1-c1ccc2ccccc2c1. The molecule has 0 saturated heterocycles. The minimum absolute atomic E-state index is 0.0582. The second kappa shape index (κ2) is 13.3. The first-order valence-electron chi connectivity index (χ1n) is 21.0. The van der Waals surface area contributed by atoms with Crippen molar-refractivity contribution in [1.29, 1.82) is 0 Å². The van der Waals surface area contributed by atoms with E-state index in [0.29, 0.717) is 16.7 Å². The second-order valence-electron chi connectivity index (χ2n) is 14.5. The van der Waals surface area contributed by atoms with E-state index in [4.69, 9.17) is 4.42 Å². The van der Waals surface area contributed by atoms with Crippen molar-refractivity contribution in [2.45, 2.75) is 5.92 Å². The Balaban J connectivity index is 1.10. The lowest BCUT2D eigenvalue weighted by atomic mass is 9.80. The predicted molar refractivity (Wildman–Crippen MR) is 236 cm³/mol. The van der Waals surface area contributed by atoms with Gasteiger partial charge in [-0.05, 0) is 107 Å². The summed E-state index contributed by atoms with van der Waals surface area (Å²) < 4.78 is 44.9. The van der Waals surface area contributed by atoms with Gasteiger partial charge in [0.05, 0.1) is 5.48 Å². The smallest absolute Gasteiger partial charge is 0.143 e. The molecule has 10 aromatic carbocycles. The number of furan rings is 1. The highest BCUT2D eigenvalue weighted by atomic mass is 16.3. The third kappa shape index (κ3) is 5.56. The fourth-order valence-electron chi connectivity index (χ4n) is 8.38. The third-order valence-electron chi connectivity index (χ3n) is 11.2. The van der Waals surface area contributed by atoms with Gasteiger partial charge in [0.2, 0.25) is 0 Å². The van der Waals surface area contributed by atoms with Gasteiger partial charge in [-0.3, -0.25) is 0 Å². The van der Waals surface area contributed by atoms with Crippen molar-refractivity contribution in [3.05, 3.63) is 229 Å². The summed E-state index contributed by atoms with van der Waals surface area (Å²) in [5, 5.41) is 8.64. The van der Waals surface area contributed by atoms with Gasteiger partial charge in [-0.2, -0.15) is 0 Å². The molecule has 0 spiro atoms. The van der Waals surface area contributed by atoms with Crippen molar-refractivity contribution >= 4 is 54.3 Å². The lowest BCUT2D eigenvalue weighted by Crippen LogP contribution is -2.05. The summed E-state index contributed by atoms with van der Waals surface area (Å²) in [5.74, 6) is -0.638. The first kappa shape index (κ1) is 28.3. The van der Waals surface area contributed by atoms with Crippen LogP contribution in [0.5, 0.6) is 0 Å². The molecule has 0 aliphatic heterocycles. The molecule has 1 atom stereocenters. The largest absolute Gasteiger partial charge is 0.455 e. The monoisotopic (exact) mass is 716 g/mol. The molecule has 0 aliphatic carbocycles. The van der Waals surface area contributed by atoms with E-state index in [1.807, 2.05) is 72.8 Å². The predicted octanol–water partition coefficient (Wildman–Crippen LogP) is 15.2. The summed E-state index contributed by atoms with van der Waals surface area (Å²) >= 11 is 0. The summed E-state index contributed by atoms with van der Waals surface area (Å²) in [6, 6.07) is 63.6. The minimum Gasteiger partial charge on any atom is -0.455 e. The average molecular weight is 717 g/mol. The van der Waals surface area contributed by atoms with Crippen LogP contribution in [0.4, 0.5) is 0 Å². The molecule has 1 heterocycles. The topological polar surface area (TPSA) is 13.1 Å². The van der Waals surface area contributed by atoms with Gasteiger partial charge in [0.15, 0.2) is 0 Å². The molecule has 11 rings (SSSR count). The molecule has 0 fully saturated rings. The fourth-order valence-corrected chi connectivity index (χ4v) is 8.38. The third-order valence-corrected chi connectivity index (χ3v) is 11.2. The number of benzene rings is 10. The molecular weight excluding hydrogens is 677 g/mol. The quantitative estimate of drug-likeness (QED) is 0.156. The normalized spacial score (nSPS) is 13.2. The van der Waals surface area contributed by atoms with E-state index in [1.54, 1.807) is 0 Å². The van der Waals surface area contributed by atoms with Gasteiger partial charge in [-0.1, -0.05) is 182 Å². The van der Waals surface area contributed by atoms with Crippen LogP contribution in [0.1, 0.15) is 28.1 Å². The molecule has 11 aromatic rings. The summed E-state index contributed by atoms with van der Waals surface area (Å²) in [6.45, 7) is 0. The highest BCUT2D eigenvalue weighted by Gasteiger charge is 2.22. The summed E-state index contributed by atoms with van der Waals surface area (Å²) in [7, 11) is 0. The van der Waals surface area contributed by atoms with Crippen LogP contribution >= 0.6 is 0 Å². The van der Waals surface area contributed by atoms with Gasteiger partial charge in [-0.25, -0.2) is 0 Å². The number of rotatable bonds is 6. The number of fused-ring (bicyclic) bond motifs is 7. The molecule has 1 nitrogen and oxygen atoms in total. The first-order valence-corrected chi connectivity index (χ1v) is 19.0. The van der Waals surface area contributed by atoms with Crippen molar-refractivity contribution in [3.63, 3.8) is 0 Å². The van der Waals surface area contributed by atoms with Crippen molar-refractivity contribution in [1.82, 2.24) is 0 Å². The molecule has 0 amide bonds. The molecule has 1 aromatic heterocycles. The van der Waals surface area contributed by atoms with Crippen molar-refractivity contribution in [2.75, 3.05) is 0 Å². The maximum absolute atomic E-state index is 9.67. The Kier molecular flexibility index (Phi) is 6.69. The van der Waals surface area contributed by atoms with E-state index < -0.39 is 5.92 Å². The van der Waals surface area contributed by atoms with Crippen LogP contribution < -0.4 is 0 Å². The van der Waals surface area contributed by atoms with E-state index in [2.05, 4.69) is 115 Å². The Morgan fingerprint density at radius 3 is 1.64 bits per heavy atom. The van der Waals surface area contributed by atoms with Crippen molar-refractivity contribution in [3.8, 4) is 33.4 Å². The standard InChI is InChI=1S/C55H36O/c1-3-12-43-33-45(27-21-36(43)9-1)38-17-23-41(24-18-38)54(42-25-19-39(20-26-42)46-28-22-37-10-2-4-13-44(37)34-46)51-16-8-7-14-48(51)47-30-31-50-52-32-29-40-11-5-6-15-49(40)55(52)56-53(50)35-47/h1-35,54H/i17D,18D,23D,24D. The lowest BCUT2D eigenvalue weighted by molar-refractivity contribution is 0.673. The molecule has 0 saturated carbocycles. The Morgan fingerprint density at radius 2 is 0.911 bits per heavy atom. The van der Waals surface area contributed by atoms with E-state index in [0.717, 1.165) is 82.3 Å². The Morgan fingerprint density at radius 1 is 0.357 bits per heavy atom. The van der Waals surface area contributed by atoms with Crippen LogP contribution in [0.15, 0.2) is 217 Å². The van der Waals surface area contributed by atoms with Crippen LogP contribution in [0, 0.1) is 0 Å². The zero-order chi connectivity index (χ0) is 40.5. The van der Waals surface area contributed by atoms with Crippen LogP contribution in [-0.2, 0) is 0 Å². The highest BCUT2D eigenvalue weighted by molar-refractivity contribution is 6.15. The number of hydrogen-bond donors (Lipinski definition) is 0. The molecule has 1 heteroatoms. The van der Waals surface area contributed by atoms with Gasteiger partial charge in [0, 0.05) is 22.1 Å². The van der Waals surface area contributed by atoms with Crippen LogP contribution in [0.2, 0.25) is 0 Å². The Labute approximate surface area is 331 Å². The lowest BCUT2D eigenvalue weighted by Gasteiger charge is -2.23. The maximum Gasteiger partial charge on any atom is 0.143 e. The first-order chi connectivity index (χ1) is 29.4. The second-order valence-corrected chi connectivity index (χ2v) is 14.5. The Hall–Kier alpha value is -7.22. The summed E-state index contributed by atoms with van der Waals surface area (Å²) in [5.41, 5.74) is 8.63. The van der Waals surface area contributed by atoms with Gasteiger partial charge in [-0.15, -0.1) is 0 Å². The maximum atomic E-state index is 9.67. The zero-order valence-electron chi connectivity index (χ0n) is 34.4. The highest BCUT2D eigenvalue weighted by Crippen LogP contribution is 2.42. The van der Waals surface area contributed by atoms with Gasteiger partial charge < -0.3 is 4.42 Å². The zero-order valence-corrected chi connectivity index (χ0v) is 30.4. The van der Waals surface area contributed by atoms with Crippen molar-refractivity contribution < 1.29 is 9.90 Å². The van der Waals surface area contributed by atoms with E-state index in [1.165, 1.54) is 5.39 Å². The van der Waals surface area contributed by atoms with Crippen LogP contribution in [0.25, 0.3) is 87.6 Å². The molecule has 262 valence electrons. The molecule has 0 radical (unpaired) electrons. The van der Waals surface area contributed by atoms with E-state index >= 15 is 0 Å². The van der Waals surface area contributed by atoms with E-state index in [-0.39, 0.29) is 24.2 Å². The summed E-state index contributed by atoms with van der Waals surface area (Å²) in [4.78, 5) is 0. The molecule has 1 unspecified atom stereocenters. The minimum atomic E-state index is -0.638. The van der Waals surface area contributed by atoms with Crippen LogP contribution in [-0.4, -0.2) is 0 Å². The fraction of sp³-hybridized carbons (Fsp3) is 0.0182. The Bertz CT molecular complexity index is 3460. The van der Waals surface area contributed by atoms with Crippen LogP contribution in [0.3, 0.4) is 0 Å². The molecule has 0 aliphatic rings. The molecule has 56 heavy (non-hydrogen) atoms. The summed E-state index contributed by atoms with van der Waals surface area (Å²) in [6.07, 6.45) is 0. The van der Waals surface area contributed by atoms with Gasteiger partial charge in [0.1, 0.15) is 11.2 Å². The average Bonchev–Trinajstić information content (AvgIpc) is 3.68. The van der Waals surface area contributed by atoms with Crippen molar-refractivity contribution in [2.24, 2.45) is 0 Å². The van der Waals surface area contributed by atoms with E-state index in [9.17, 15) is 5.48 Å². The number of hydrogen-bond acceptors (Lipinski definition) is 1. The van der Waals surface area contributed by atoms with Gasteiger partial charge >= 0.3 is 0 Å². The molecule has 0 bridgehead atoms.